The largest absolute Gasteiger partial charge is 0.462 e. The van der Waals surface area contributed by atoms with Crippen LogP contribution < -0.4 is 0 Å². The summed E-state index contributed by atoms with van der Waals surface area (Å²) in [6.45, 7) is 3.33. The summed E-state index contributed by atoms with van der Waals surface area (Å²) in [6, 6.07) is 0. The van der Waals surface area contributed by atoms with Crippen molar-refractivity contribution in [3.05, 3.63) is 36.5 Å². The molecule has 1 aliphatic rings. The van der Waals surface area contributed by atoms with Crippen molar-refractivity contribution in [3.63, 3.8) is 0 Å². The lowest BCUT2D eigenvalue weighted by Crippen LogP contribution is -2.59. The molecule has 0 saturated carbocycles. The van der Waals surface area contributed by atoms with Crippen molar-refractivity contribution in [1.29, 1.82) is 0 Å². The Kier molecular flexibility index (Phi) is 30.9. The van der Waals surface area contributed by atoms with E-state index in [1.807, 2.05) is 0 Å². The maximum atomic E-state index is 12.7. The first kappa shape index (κ1) is 47.9. The highest BCUT2D eigenvalue weighted by atomic mass is 16.7. The van der Waals surface area contributed by atoms with Gasteiger partial charge in [-0.15, -0.1) is 0 Å². The van der Waals surface area contributed by atoms with Gasteiger partial charge in [0.15, 0.2) is 12.4 Å². The molecule has 1 heterocycles. The van der Waals surface area contributed by atoms with E-state index in [1.165, 1.54) is 44.9 Å². The number of hydrogen-bond donors (Lipinski definition) is 4. The van der Waals surface area contributed by atoms with Crippen molar-refractivity contribution >= 4 is 11.9 Å². The standard InChI is InChI=1S/C42H74O10/c1-3-5-7-9-11-13-15-17-18-19-21-23-25-27-29-31-38(45)51-35(34-50-42-41(48)40(47)39(46)36(32-43)52-42)33-49-37(44)30-28-26-24-22-20-16-14-12-10-8-6-4-2/h12-15,17-18,35-36,39-43,46-48H,3-11,16,19-34H2,1-2H3/b14-12+,15-13+,18-17+/t35-,36-,39+,40?,41?,42-/m1/s1. The van der Waals surface area contributed by atoms with Gasteiger partial charge in [-0.1, -0.05) is 121 Å². The number of carbonyl (C=O) groups excluding carboxylic acids is 2. The summed E-state index contributed by atoms with van der Waals surface area (Å²) in [5.74, 6) is -0.837. The van der Waals surface area contributed by atoms with Gasteiger partial charge >= 0.3 is 11.9 Å². The van der Waals surface area contributed by atoms with Gasteiger partial charge in [0.2, 0.25) is 0 Å². The molecule has 0 aliphatic carbocycles. The predicted octanol–water partition coefficient (Wildman–Crippen LogP) is 7.94. The zero-order valence-electron chi connectivity index (χ0n) is 32.6. The third-order valence-corrected chi connectivity index (χ3v) is 9.28. The van der Waals surface area contributed by atoms with E-state index in [9.17, 15) is 30.0 Å². The molecule has 1 aliphatic heterocycles. The quantitative estimate of drug-likeness (QED) is 0.0226. The minimum absolute atomic E-state index is 0.210. The molecule has 0 bridgehead atoms. The third kappa shape index (κ3) is 25.0. The van der Waals surface area contributed by atoms with E-state index in [1.54, 1.807) is 0 Å². The number of aliphatic hydroxyl groups is 4. The number of allylic oxidation sites excluding steroid dienone is 6. The zero-order valence-corrected chi connectivity index (χ0v) is 32.6. The van der Waals surface area contributed by atoms with Crippen LogP contribution in [0.4, 0.5) is 0 Å². The monoisotopic (exact) mass is 739 g/mol. The van der Waals surface area contributed by atoms with Crippen LogP contribution in [0.5, 0.6) is 0 Å². The predicted molar refractivity (Wildman–Crippen MR) is 206 cm³/mol. The molecule has 10 heteroatoms. The summed E-state index contributed by atoms with van der Waals surface area (Å²) in [4.78, 5) is 25.2. The van der Waals surface area contributed by atoms with Crippen LogP contribution >= 0.6 is 0 Å². The van der Waals surface area contributed by atoms with Gasteiger partial charge in [0.1, 0.15) is 31.0 Å². The molecule has 1 saturated heterocycles. The first-order valence-electron chi connectivity index (χ1n) is 20.6. The summed E-state index contributed by atoms with van der Waals surface area (Å²) in [5.41, 5.74) is 0. The van der Waals surface area contributed by atoms with Gasteiger partial charge < -0.3 is 39.4 Å². The van der Waals surface area contributed by atoms with Crippen LogP contribution in [0.2, 0.25) is 0 Å². The van der Waals surface area contributed by atoms with E-state index in [0.717, 1.165) is 77.0 Å². The average Bonchev–Trinajstić information content (AvgIpc) is 3.14. The van der Waals surface area contributed by atoms with Crippen LogP contribution in [-0.2, 0) is 28.5 Å². The summed E-state index contributed by atoms with van der Waals surface area (Å²) >= 11 is 0. The van der Waals surface area contributed by atoms with E-state index in [2.05, 4.69) is 50.3 Å². The molecule has 0 amide bonds. The van der Waals surface area contributed by atoms with Gasteiger partial charge in [-0.2, -0.15) is 0 Å². The second-order valence-electron chi connectivity index (χ2n) is 14.1. The second kappa shape index (κ2) is 33.5. The molecule has 1 fully saturated rings. The van der Waals surface area contributed by atoms with Gasteiger partial charge in [0.25, 0.3) is 0 Å². The maximum absolute atomic E-state index is 12.7. The van der Waals surface area contributed by atoms with Gasteiger partial charge in [-0.25, -0.2) is 0 Å². The maximum Gasteiger partial charge on any atom is 0.306 e. The number of ether oxygens (including phenoxy) is 4. The molecule has 302 valence electrons. The number of esters is 2. The highest BCUT2D eigenvalue weighted by Crippen LogP contribution is 2.22. The van der Waals surface area contributed by atoms with Crippen molar-refractivity contribution in [3.8, 4) is 0 Å². The third-order valence-electron chi connectivity index (χ3n) is 9.28. The topological polar surface area (TPSA) is 152 Å². The minimum atomic E-state index is -1.60. The molecule has 1 rings (SSSR count). The van der Waals surface area contributed by atoms with Gasteiger partial charge in [0.05, 0.1) is 13.2 Å². The smallest absolute Gasteiger partial charge is 0.306 e. The van der Waals surface area contributed by atoms with E-state index >= 15 is 0 Å². The van der Waals surface area contributed by atoms with E-state index in [-0.39, 0.29) is 26.1 Å². The van der Waals surface area contributed by atoms with E-state index < -0.39 is 55.4 Å². The van der Waals surface area contributed by atoms with Crippen molar-refractivity contribution < 1.29 is 49.0 Å². The highest BCUT2D eigenvalue weighted by molar-refractivity contribution is 5.70. The van der Waals surface area contributed by atoms with Crippen LogP contribution in [0.25, 0.3) is 0 Å². The lowest BCUT2D eigenvalue weighted by atomic mass is 9.99. The molecule has 0 radical (unpaired) electrons. The summed E-state index contributed by atoms with van der Waals surface area (Å²) < 4.78 is 22.1. The molecule has 0 aromatic heterocycles. The normalized spacial score (nSPS) is 21.4. The fourth-order valence-electron chi connectivity index (χ4n) is 5.94. The van der Waals surface area contributed by atoms with Gasteiger partial charge in [-0.3, -0.25) is 9.59 Å². The molecule has 0 spiro atoms. The zero-order chi connectivity index (χ0) is 38.1. The second-order valence-corrected chi connectivity index (χ2v) is 14.1. The molecule has 0 aromatic rings. The molecular weight excluding hydrogens is 664 g/mol. The van der Waals surface area contributed by atoms with Crippen LogP contribution in [-0.4, -0.2) is 89.0 Å². The lowest BCUT2D eigenvalue weighted by Gasteiger charge is -2.39. The number of rotatable bonds is 33. The summed E-state index contributed by atoms with van der Waals surface area (Å²) in [5, 5.41) is 39.9. The van der Waals surface area contributed by atoms with Crippen molar-refractivity contribution in [2.45, 2.75) is 198 Å². The first-order valence-corrected chi connectivity index (χ1v) is 20.6. The molecule has 10 nitrogen and oxygen atoms in total. The summed E-state index contributed by atoms with van der Waals surface area (Å²) in [7, 11) is 0. The molecule has 6 atom stereocenters. The number of unbranched alkanes of at least 4 members (excludes halogenated alkanes) is 17. The SMILES string of the molecule is CCCCC/C=C/CCCCCCCC(=O)OC[C@H](CO[C@@H]1O[C@H](CO)[C@H](O)C(O)C1O)OC(=O)CCCCCCC/C=C/C=C/CCCCCC. The summed E-state index contributed by atoms with van der Waals surface area (Å²) in [6.07, 6.45) is 28.6. The lowest BCUT2D eigenvalue weighted by molar-refractivity contribution is -0.305. The van der Waals surface area contributed by atoms with Gasteiger partial charge in [-0.05, 0) is 64.2 Å². The van der Waals surface area contributed by atoms with Crippen LogP contribution in [0.1, 0.15) is 162 Å². The number of carbonyl (C=O) groups is 2. The minimum Gasteiger partial charge on any atom is -0.462 e. The fourth-order valence-corrected chi connectivity index (χ4v) is 5.94. The van der Waals surface area contributed by atoms with Crippen LogP contribution in [0, 0.1) is 0 Å². The van der Waals surface area contributed by atoms with Crippen molar-refractivity contribution in [2.75, 3.05) is 19.8 Å². The molecule has 4 N–H and O–H groups in total. The highest BCUT2D eigenvalue weighted by Gasteiger charge is 2.44. The Morgan fingerprint density at radius 3 is 1.65 bits per heavy atom. The Balaban J connectivity index is 2.40. The Hall–Kier alpha value is -2.08. The number of hydrogen-bond acceptors (Lipinski definition) is 10. The Labute approximate surface area is 315 Å². The van der Waals surface area contributed by atoms with Crippen LogP contribution in [0.15, 0.2) is 36.5 Å². The first-order chi connectivity index (χ1) is 25.3. The molecule has 2 unspecified atom stereocenters. The molecular formula is C42H74O10. The molecule has 0 aromatic carbocycles. The van der Waals surface area contributed by atoms with Crippen molar-refractivity contribution in [2.24, 2.45) is 0 Å². The van der Waals surface area contributed by atoms with Crippen LogP contribution in [0.3, 0.4) is 0 Å². The van der Waals surface area contributed by atoms with E-state index in [4.69, 9.17) is 18.9 Å². The van der Waals surface area contributed by atoms with E-state index in [0.29, 0.717) is 12.8 Å². The Morgan fingerprint density at radius 1 is 0.596 bits per heavy atom. The average molecular weight is 739 g/mol. The molecule has 52 heavy (non-hydrogen) atoms. The number of aliphatic hydroxyl groups excluding tert-OH is 4. The van der Waals surface area contributed by atoms with Gasteiger partial charge in [0, 0.05) is 12.8 Å². The van der Waals surface area contributed by atoms with Crippen molar-refractivity contribution in [1.82, 2.24) is 0 Å². The fraction of sp³-hybridized carbons (Fsp3) is 0.810. The Bertz CT molecular complexity index is 949. The Morgan fingerprint density at radius 2 is 1.08 bits per heavy atom.